The molecular formula is C22H28O6W. The Bertz CT molecular complexity index is 443. The van der Waals surface area contributed by atoms with Gasteiger partial charge >= 0.3 is 56.5 Å². The third kappa shape index (κ3) is 21.2. The Hall–Kier alpha value is -1.33. The summed E-state index contributed by atoms with van der Waals surface area (Å²) in [5, 5.41) is 0. The maximum absolute atomic E-state index is 7.50. The topological polar surface area (TPSA) is 109 Å². The Balaban J connectivity index is -0.000000105. The molecule has 0 fully saturated rings. The maximum Gasteiger partial charge on any atom is 0 e. The summed E-state index contributed by atoms with van der Waals surface area (Å²) in [6.07, 6.45) is 9.19. The zero-order valence-corrected chi connectivity index (χ0v) is 20.4. The van der Waals surface area contributed by atoms with E-state index in [1.165, 1.54) is 48.2 Å². The van der Waals surface area contributed by atoms with E-state index >= 15 is 0 Å². The maximum atomic E-state index is 7.50. The van der Waals surface area contributed by atoms with E-state index in [1.807, 2.05) is 0 Å². The Morgan fingerprint density at radius 1 is 0.586 bits per heavy atom. The van der Waals surface area contributed by atoms with Gasteiger partial charge in [0.25, 0.3) is 0 Å². The van der Waals surface area contributed by atoms with E-state index in [9.17, 15) is 0 Å². The zero-order valence-electron chi connectivity index (χ0n) is 17.5. The molecule has 0 N–H and O–H groups in total. The second-order valence-corrected chi connectivity index (χ2v) is 5.06. The van der Waals surface area contributed by atoms with E-state index in [0.29, 0.717) is 0 Å². The van der Waals surface area contributed by atoms with Crippen LogP contribution < -0.4 is 0 Å². The van der Waals surface area contributed by atoms with Crippen LogP contribution in [0.15, 0.2) is 22.5 Å². The largest absolute Gasteiger partial charge is 0 e. The van der Waals surface area contributed by atoms with Gasteiger partial charge in [-0.3, -0.25) is 0 Å². The molecule has 0 unspecified atom stereocenters. The van der Waals surface area contributed by atoms with Crippen LogP contribution in [0.3, 0.4) is 0 Å². The van der Waals surface area contributed by atoms with Crippen LogP contribution >= 0.6 is 0 Å². The molecule has 1 aliphatic rings. The van der Waals surface area contributed by atoms with E-state index in [2.05, 4.69) is 67.6 Å². The van der Waals surface area contributed by atoms with Gasteiger partial charge in [0.2, 0.25) is 6.61 Å². The van der Waals surface area contributed by atoms with Crippen molar-refractivity contribution in [3.63, 3.8) is 0 Å². The smallest absolute Gasteiger partial charge is 0 e. The van der Waals surface area contributed by atoms with Gasteiger partial charge in [0, 0.05) is 27.5 Å². The Morgan fingerprint density at radius 2 is 0.931 bits per heavy atom. The van der Waals surface area contributed by atoms with Crippen LogP contribution in [-0.2, 0) is 49.1 Å². The van der Waals surface area contributed by atoms with E-state index in [-0.39, 0.29) is 21.1 Å². The van der Waals surface area contributed by atoms with Crippen molar-refractivity contribution in [3.05, 3.63) is 62.3 Å². The molecule has 0 bridgehead atoms. The first-order valence-electron chi connectivity index (χ1n) is 8.67. The summed E-state index contributed by atoms with van der Waals surface area (Å²) in [7, 11) is 0. The van der Waals surface area contributed by atoms with Crippen LogP contribution in [-0.4, -0.2) is 0 Å². The summed E-state index contributed by atoms with van der Waals surface area (Å²) >= 11 is 0. The number of hydrogen-bond donors (Lipinski definition) is 0. The Morgan fingerprint density at radius 3 is 1.28 bits per heavy atom. The number of hydrogen-bond acceptors (Lipinski definition) is 1. The predicted molar refractivity (Wildman–Crippen MR) is 97.7 cm³/mol. The van der Waals surface area contributed by atoms with Crippen LogP contribution in [0.25, 0.3) is 0 Å². The summed E-state index contributed by atoms with van der Waals surface area (Å²) in [6, 6.07) is 0. The molecule has 6 nitrogen and oxygen atoms in total. The predicted octanol–water partition coefficient (Wildman–Crippen LogP) is 5.62. The molecule has 0 aliphatic carbocycles. The number of allylic oxidation sites excluding steroid dienone is 3. The minimum absolute atomic E-state index is 0. The van der Waals surface area contributed by atoms with Gasteiger partial charge in [-0.05, 0) is 42.4 Å². The first-order valence-corrected chi connectivity index (χ1v) is 8.67. The molecule has 0 saturated heterocycles. The van der Waals surface area contributed by atoms with Crippen molar-refractivity contribution in [2.75, 3.05) is 0 Å². The van der Waals surface area contributed by atoms with Crippen LogP contribution in [0.1, 0.15) is 79.1 Å². The van der Waals surface area contributed by atoms with Crippen molar-refractivity contribution in [1.82, 2.24) is 0 Å². The average molecular weight is 572 g/mol. The Kier molecular flexibility index (Phi) is 59.4. The molecular weight excluding hydrogens is 544 g/mol. The molecule has 0 saturated carbocycles. The molecule has 1 heterocycles. The molecule has 2 radical (unpaired) electrons. The normalized spacial score (nSPS) is 10.4. The number of rotatable bonds is 8. The molecule has 158 valence electrons. The average Bonchev–Trinajstić information content (AvgIpc) is 2.79. The molecule has 1 rings (SSSR count). The summed E-state index contributed by atoms with van der Waals surface area (Å²) in [4.78, 5) is 0. The number of ether oxygens (including phenoxy) is 1. The molecule has 7 heteroatoms. The van der Waals surface area contributed by atoms with Crippen molar-refractivity contribution < 1.29 is 49.1 Å². The first-order chi connectivity index (χ1) is 13.8. The SMILES string of the molecule is CCCC1=C(CCC)C(CCC)=C(CCC)O[C]1.[C-]#[O+].[C-]#[O+].[C-]#[O+].[C-]#[O+].[C-]#[O+].[W]. The quantitative estimate of drug-likeness (QED) is 0.273. The van der Waals surface area contributed by atoms with Gasteiger partial charge < -0.3 is 4.74 Å². The van der Waals surface area contributed by atoms with Gasteiger partial charge in [0.1, 0.15) is 5.76 Å². The second-order valence-electron chi connectivity index (χ2n) is 5.06. The van der Waals surface area contributed by atoms with Gasteiger partial charge in [-0.25, -0.2) is 0 Å². The van der Waals surface area contributed by atoms with Crippen LogP contribution in [0.4, 0.5) is 0 Å². The monoisotopic (exact) mass is 572 g/mol. The third-order valence-electron chi connectivity index (χ3n) is 3.34. The minimum Gasteiger partial charge on any atom is 0 e. The zero-order chi connectivity index (χ0) is 23.4. The first kappa shape index (κ1) is 41.9. The van der Waals surface area contributed by atoms with Crippen molar-refractivity contribution in [3.8, 4) is 0 Å². The van der Waals surface area contributed by atoms with Crippen LogP contribution in [0.5, 0.6) is 0 Å². The van der Waals surface area contributed by atoms with E-state index in [1.54, 1.807) is 0 Å². The van der Waals surface area contributed by atoms with Gasteiger partial charge in [-0.1, -0.05) is 47.0 Å². The fourth-order valence-electron chi connectivity index (χ4n) is 2.57. The van der Waals surface area contributed by atoms with Gasteiger partial charge in [0.05, 0.1) is 0 Å². The molecule has 0 aromatic heterocycles. The van der Waals surface area contributed by atoms with Crippen molar-refractivity contribution in [1.29, 1.82) is 0 Å². The molecule has 1 aliphatic heterocycles. The van der Waals surface area contributed by atoms with Crippen molar-refractivity contribution in [2.45, 2.75) is 79.1 Å². The molecule has 0 amide bonds. The molecule has 0 aromatic carbocycles. The van der Waals surface area contributed by atoms with E-state index < -0.39 is 0 Å². The van der Waals surface area contributed by atoms with E-state index in [0.717, 1.165) is 25.7 Å². The summed E-state index contributed by atoms with van der Waals surface area (Å²) in [5.41, 5.74) is 4.35. The van der Waals surface area contributed by atoms with Crippen LogP contribution in [0.2, 0.25) is 0 Å². The fourth-order valence-corrected chi connectivity index (χ4v) is 2.57. The van der Waals surface area contributed by atoms with Crippen molar-refractivity contribution >= 4 is 0 Å². The van der Waals surface area contributed by atoms with Crippen LogP contribution in [0, 0.1) is 39.9 Å². The summed E-state index contributed by atoms with van der Waals surface area (Å²) < 4.78 is 43.3. The van der Waals surface area contributed by atoms with Gasteiger partial charge in [0.15, 0.2) is 0 Å². The van der Waals surface area contributed by atoms with Gasteiger partial charge in [-0.15, -0.1) is 0 Å². The fraction of sp³-hybridized carbons (Fsp3) is 0.545. The third-order valence-corrected chi connectivity index (χ3v) is 3.34. The summed E-state index contributed by atoms with van der Waals surface area (Å²) in [5.74, 6) is 1.18. The summed E-state index contributed by atoms with van der Waals surface area (Å²) in [6.45, 7) is 34.6. The molecule has 0 atom stereocenters. The van der Waals surface area contributed by atoms with Gasteiger partial charge in [-0.2, -0.15) is 0 Å². The van der Waals surface area contributed by atoms with Crippen molar-refractivity contribution in [2.24, 2.45) is 0 Å². The second kappa shape index (κ2) is 41.1. The Labute approximate surface area is 190 Å². The van der Waals surface area contributed by atoms with E-state index in [4.69, 9.17) is 28.0 Å². The molecule has 29 heavy (non-hydrogen) atoms. The minimum atomic E-state index is 0. The standard InChI is InChI=1S/C17H28O.5CO.W/c1-5-9-14-13-18-17(12-8-4)16(11-7-3)15(14)10-6-2;5*1-2;/h5-12H2,1-4H3;;;;;;. The molecule has 0 aromatic rings. The molecule has 0 spiro atoms.